The van der Waals surface area contributed by atoms with Crippen LogP contribution >= 0.6 is 0 Å². The van der Waals surface area contributed by atoms with Gasteiger partial charge in [0.25, 0.3) is 0 Å². The second-order valence-corrected chi connectivity index (χ2v) is 26.6. The maximum Gasteiger partial charge on any atom is 0.340 e. The first-order valence-corrected chi connectivity index (χ1v) is 27.6. The molecule has 0 aliphatic carbocycles. The molecule has 1 fully saturated rings. The van der Waals surface area contributed by atoms with Crippen LogP contribution in [-0.2, 0) is 21.7 Å². The van der Waals surface area contributed by atoms with Crippen molar-refractivity contribution in [1.29, 1.82) is 0 Å². The van der Waals surface area contributed by atoms with Gasteiger partial charge in [0.05, 0.1) is 22.4 Å². The monoisotopic (exact) mass is 999 g/mol. The number of hydrogen-bond acceptors (Lipinski definition) is 2. The highest BCUT2D eigenvalue weighted by Crippen LogP contribution is 2.50. The van der Waals surface area contributed by atoms with Gasteiger partial charge < -0.3 is 4.57 Å². The molecular formula is C69H76B2N4O. The van der Waals surface area contributed by atoms with Crippen molar-refractivity contribution in [3.05, 3.63) is 201 Å². The lowest BCUT2D eigenvalue weighted by Crippen LogP contribution is -2.68. The molecule has 0 unspecified atom stereocenters. The van der Waals surface area contributed by atoms with Gasteiger partial charge in [-0.1, -0.05) is 212 Å². The molecule has 8 aromatic rings. The second-order valence-electron chi connectivity index (χ2n) is 26.6. The number of fused-ring (bicyclic) bond motifs is 4. The maximum absolute atomic E-state index is 17.3. The van der Waals surface area contributed by atoms with Gasteiger partial charge in [-0.15, -0.1) is 0 Å². The Morgan fingerprint density at radius 1 is 0.382 bits per heavy atom. The number of aryl methyl sites for hydroxylation is 4. The van der Waals surface area contributed by atoms with E-state index in [0.29, 0.717) is 0 Å². The minimum Gasteiger partial charge on any atom is -0.309 e. The van der Waals surface area contributed by atoms with E-state index < -0.39 is 0 Å². The predicted octanol–water partition coefficient (Wildman–Crippen LogP) is 14.9. The summed E-state index contributed by atoms with van der Waals surface area (Å²) < 4.78 is 2.50. The van der Waals surface area contributed by atoms with E-state index >= 15 is 4.79 Å². The van der Waals surface area contributed by atoms with Crippen molar-refractivity contribution in [2.75, 3.05) is 14.7 Å². The average molecular weight is 999 g/mol. The van der Waals surface area contributed by atoms with E-state index in [2.05, 4.69) is 277 Å². The van der Waals surface area contributed by atoms with Crippen LogP contribution < -0.4 is 36.6 Å². The zero-order chi connectivity index (χ0) is 54.5. The average Bonchev–Trinajstić information content (AvgIpc) is 3.40. The maximum atomic E-state index is 17.3. The van der Waals surface area contributed by atoms with Gasteiger partial charge in [-0.3, -0.25) is 4.90 Å². The van der Waals surface area contributed by atoms with Gasteiger partial charge in [0.2, 0.25) is 13.4 Å². The topological polar surface area (TPSA) is 31.7 Å². The Bertz CT molecular complexity index is 3700. The third kappa shape index (κ3) is 7.92. The van der Waals surface area contributed by atoms with Crippen LogP contribution in [0.1, 0.15) is 141 Å². The van der Waals surface area contributed by atoms with Crippen LogP contribution in [-0.4, -0.2) is 24.0 Å². The number of hydrogen-bond donors (Lipinski definition) is 0. The molecular weight excluding hydrogens is 922 g/mol. The molecule has 11 rings (SSSR count). The summed E-state index contributed by atoms with van der Waals surface area (Å²) in [5.41, 5.74) is 22.7. The Hall–Kier alpha value is -6.98. The zero-order valence-corrected chi connectivity index (χ0v) is 48.6. The van der Waals surface area contributed by atoms with E-state index in [1.165, 1.54) is 93.9 Å². The summed E-state index contributed by atoms with van der Waals surface area (Å²) in [4.78, 5) is 24.1. The fourth-order valence-electron chi connectivity index (χ4n) is 13.0. The largest absolute Gasteiger partial charge is 0.340 e. The summed E-state index contributed by atoms with van der Waals surface area (Å²) in [6.07, 6.45) is 0. The lowest BCUT2D eigenvalue weighted by molar-refractivity contribution is 0.252. The highest BCUT2D eigenvalue weighted by Gasteiger charge is 2.54. The molecule has 0 atom stereocenters. The molecule has 384 valence electrons. The van der Waals surface area contributed by atoms with Gasteiger partial charge in [-0.05, 0) is 145 Å². The molecule has 1 aromatic heterocycles. The lowest BCUT2D eigenvalue weighted by Gasteiger charge is -2.54. The standard InChI is InChI=1S/C69H76B2N4O/c1-41-26-24-27-42(2)59(41)70-45(5)63-73(52-36-47(66(7,8)9)34-48(37-52)67(10,11)12)65(76)74(53-38-49(68(13,14)15)35-50(39-53)69(16,17)18)64-46(6)71(60-43(3)28-25-29-44(60)4)61-58-54-32-22-23-33-56(54)72(51-30-20-19-21-31-51)57(58)40-55(70)62(61)75(63)64/h19-40H,1-18H3. The van der Waals surface area contributed by atoms with Crippen LogP contribution in [0.3, 0.4) is 0 Å². The van der Waals surface area contributed by atoms with Gasteiger partial charge in [0, 0.05) is 22.1 Å². The zero-order valence-electron chi connectivity index (χ0n) is 48.6. The van der Waals surface area contributed by atoms with Crippen molar-refractivity contribution >= 4 is 80.2 Å². The van der Waals surface area contributed by atoms with Crippen molar-refractivity contribution in [3.8, 4) is 5.69 Å². The highest BCUT2D eigenvalue weighted by molar-refractivity contribution is 6.98. The normalized spacial score (nSPS) is 15.3. The van der Waals surface area contributed by atoms with Gasteiger partial charge in [-0.25, -0.2) is 14.6 Å². The van der Waals surface area contributed by atoms with Crippen LogP contribution in [0.25, 0.3) is 27.5 Å². The Morgan fingerprint density at radius 2 is 0.789 bits per heavy atom. The number of aromatic nitrogens is 1. The van der Waals surface area contributed by atoms with Crippen LogP contribution in [0.2, 0.25) is 0 Å². The van der Waals surface area contributed by atoms with Crippen molar-refractivity contribution < 1.29 is 4.79 Å². The minimum atomic E-state index is -0.218. The van der Waals surface area contributed by atoms with Crippen LogP contribution in [0.4, 0.5) is 21.9 Å². The molecule has 76 heavy (non-hydrogen) atoms. The molecule has 0 spiro atoms. The smallest absolute Gasteiger partial charge is 0.309 e. The first kappa shape index (κ1) is 51.1. The van der Waals surface area contributed by atoms with Gasteiger partial charge in [-0.2, -0.15) is 0 Å². The predicted molar refractivity (Wildman–Crippen MR) is 329 cm³/mol. The minimum absolute atomic E-state index is 0.0778. The van der Waals surface area contributed by atoms with Crippen molar-refractivity contribution in [2.24, 2.45) is 0 Å². The number of rotatable bonds is 5. The van der Waals surface area contributed by atoms with Crippen LogP contribution in [0.15, 0.2) is 156 Å². The number of benzene rings is 7. The number of carbonyl (C=O) groups excluding carboxylic acids is 1. The summed E-state index contributed by atoms with van der Waals surface area (Å²) in [5, 5.41) is 2.46. The summed E-state index contributed by atoms with van der Waals surface area (Å²) in [5.74, 6) is 1.83. The summed E-state index contributed by atoms with van der Waals surface area (Å²) in [6.45, 7) is 40.8. The second kappa shape index (κ2) is 17.5. The Kier molecular flexibility index (Phi) is 11.8. The number of allylic oxidation sites excluding steroid dienone is 2. The highest BCUT2D eigenvalue weighted by atomic mass is 16.2. The molecule has 0 bridgehead atoms. The number of nitrogens with zero attached hydrogens (tertiary/aromatic N) is 4. The molecule has 7 aromatic carbocycles. The molecule has 2 amide bonds. The molecule has 5 nitrogen and oxygen atoms in total. The number of amides is 2. The molecule has 0 saturated carbocycles. The fraction of sp³-hybridized carbons (Fsp3) is 0.319. The van der Waals surface area contributed by atoms with E-state index in [0.717, 1.165) is 39.6 Å². The molecule has 3 aliphatic heterocycles. The molecule has 0 radical (unpaired) electrons. The number of urea groups is 1. The molecule has 4 heterocycles. The van der Waals surface area contributed by atoms with E-state index in [9.17, 15) is 0 Å². The van der Waals surface area contributed by atoms with E-state index in [1.807, 2.05) is 0 Å². The summed E-state index contributed by atoms with van der Waals surface area (Å²) >= 11 is 0. The molecule has 1 saturated heterocycles. The van der Waals surface area contributed by atoms with Crippen LogP contribution in [0, 0.1) is 27.7 Å². The Balaban J connectivity index is 1.40. The molecule has 7 heteroatoms. The molecule has 3 aliphatic rings. The van der Waals surface area contributed by atoms with E-state index in [1.54, 1.807) is 0 Å². The van der Waals surface area contributed by atoms with Crippen molar-refractivity contribution in [2.45, 2.75) is 146 Å². The third-order valence-corrected chi connectivity index (χ3v) is 17.1. The summed E-state index contributed by atoms with van der Waals surface area (Å²) in [7, 11) is 0. The van der Waals surface area contributed by atoms with Gasteiger partial charge in [0.15, 0.2) is 0 Å². The number of para-hydroxylation sites is 2. The van der Waals surface area contributed by atoms with E-state index in [4.69, 9.17) is 0 Å². The fourth-order valence-corrected chi connectivity index (χ4v) is 13.0. The first-order valence-electron chi connectivity index (χ1n) is 27.6. The lowest BCUT2D eigenvalue weighted by atomic mass is 9.29. The van der Waals surface area contributed by atoms with Crippen molar-refractivity contribution in [3.63, 3.8) is 0 Å². The SMILES string of the molecule is CC1=C2N(c3cc(C(C)(C)C)cc(C(C)(C)C)c3)C(=O)N(c3cc(C(C)(C)C)cc(C(C)(C)C)c3)C3=C(C)B(c4c(C)cccc4C)c4c(c(cc5c4c4ccccc4n5-c4ccccc4)B1c1c(C)cccc1C)N23. The van der Waals surface area contributed by atoms with E-state index in [-0.39, 0.29) is 41.1 Å². The van der Waals surface area contributed by atoms with Crippen molar-refractivity contribution in [1.82, 2.24) is 4.57 Å². The van der Waals surface area contributed by atoms with Gasteiger partial charge in [0.1, 0.15) is 11.6 Å². The van der Waals surface area contributed by atoms with Gasteiger partial charge >= 0.3 is 6.03 Å². The Labute approximate surface area is 454 Å². The third-order valence-electron chi connectivity index (χ3n) is 17.1. The number of carbonyl (C=O) groups is 1. The Morgan fingerprint density at radius 3 is 1.24 bits per heavy atom. The number of anilines is 3. The quantitative estimate of drug-likeness (QED) is 0.161. The molecule has 0 N–H and O–H groups in total. The summed E-state index contributed by atoms with van der Waals surface area (Å²) in [6, 6.07) is 49.9. The van der Waals surface area contributed by atoms with Crippen LogP contribution in [0.5, 0.6) is 0 Å². The first-order chi connectivity index (χ1) is 35.7.